The Hall–Kier alpha value is -2.15. The fraction of sp³-hybridized carbons (Fsp3) is 0.857. The fourth-order valence-corrected chi connectivity index (χ4v) is 13.1. The summed E-state index contributed by atoms with van der Waals surface area (Å²) in [5, 5.41) is 0. The van der Waals surface area contributed by atoms with Crippen molar-refractivity contribution in [1.29, 1.82) is 0 Å². The number of carbonyl (C=O) groups excluding carboxylic acids is 8. The topological polar surface area (TPSA) is 167 Å². The molecule has 0 amide bonds. The van der Waals surface area contributed by atoms with E-state index in [4.69, 9.17) is 14.2 Å². The van der Waals surface area contributed by atoms with E-state index in [2.05, 4.69) is 169 Å². The number of Topliss-reactive ketones (excluding diaryl/α,β-unsaturated/α-hetero) is 7. The number of unbranched alkanes of at least 4 members (excludes halogenated alkanes) is 4. The molecule has 0 saturated heterocycles. The third-order valence-electron chi connectivity index (χ3n) is 19.0. The Morgan fingerprint density at radius 2 is 0.643 bits per heavy atom. The first-order chi connectivity index (χ1) is 50.8. The minimum atomic E-state index is -0.0920. The number of hydrogen-bond donors (Lipinski definition) is 0. The predicted octanol–water partition coefficient (Wildman–Crippen LogP) is 26.6. The van der Waals surface area contributed by atoms with Crippen molar-refractivity contribution in [2.75, 3.05) is 39.5 Å². The molecule has 1 rings (SSSR count). The lowest BCUT2D eigenvalue weighted by Crippen LogP contribution is -2.39. The van der Waals surface area contributed by atoms with Gasteiger partial charge < -0.3 is 14.2 Å². The first-order valence-electron chi connectivity index (χ1n) is 44.7. The Morgan fingerprint density at radius 1 is 0.304 bits per heavy atom. The van der Waals surface area contributed by atoms with Gasteiger partial charge in [0.15, 0.2) is 0 Å². The average molecular weight is 1720 g/mol. The van der Waals surface area contributed by atoms with Gasteiger partial charge in [0, 0.05) is 104 Å². The van der Waals surface area contributed by atoms with Crippen LogP contribution in [0.4, 0.5) is 0 Å². The molecule has 17 heteroatoms. The van der Waals surface area contributed by atoms with Crippen LogP contribution in [0, 0.1) is 130 Å². The van der Waals surface area contributed by atoms with Gasteiger partial charge in [0.2, 0.25) is 0 Å². The van der Waals surface area contributed by atoms with Gasteiger partial charge in [0.1, 0.15) is 46.2 Å². The number of rotatable bonds is 54. The Kier molecular flexibility index (Phi) is 91.8. The minimum absolute atomic E-state index is 0. The van der Waals surface area contributed by atoms with Crippen molar-refractivity contribution in [2.45, 2.75) is 377 Å². The normalized spacial score (nSPS) is 12.3. The van der Waals surface area contributed by atoms with Crippen molar-refractivity contribution in [3.05, 3.63) is 29.8 Å². The summed E-state index contributed by atoms with van der Waals surface area (Å²) in [7, 11) is 0. The Bertz CT molecular complexity index is 2430. The molecule has 0 saturated carbocycles. The second-order valence-corrected chi connectivity index (χ2v) is 39.3. The van der Waals surface area contributed by atoms with Crippen LogP contribution < -0.4 is 4.74 Å². The van der Waals surface area contributed by atoms with Crippen LogP contribution >= 0.6 is 67.5 Å². The van der Waals surface area contributed by atoms with Crippen LogP contribution in [-0.2, 0) is 54.3 Å². The molecule has 0 radical (unpaired) electrons. The van der Waals surface area contributed by atoms with Crippen molar-refractivity contribution < 1.29 is 52.6 Å². The van der Waals surface area contributed by atoms with Crippen molar-refractivity contribution >= 4 is 114 Å². The summed E-state index contributed by atoms with van der Waals surface area (Å²) in [4.78, 5) is 97.9. The van der Waals surface area contributed by atoms with Crippen LogP contribution in [-0.4, -0.2) is 96.9 Å². The highest BCUT2D eigenvalue weighted by molar-refractivity contribution is 7.60. The molecule has 115 heavy (non-hydrogen) atoms. The van der Waals surface area contributed by atoms with E-state index in [-0.39, 0.29) is 139 Å². The SMILES string of the molecule is CC(C)CC(CC(C)C)C(=O)C(C)C.CC(C)CCC(=O)CCCCC[C@H](CC(C)C)C(=O)C(C)C.CC(C)CN(CC(=O)C(C)C)C(C)C.CC(C)COC(=O)CCCCC[C@H](CC(C)C)C(=O)C(C)C.CC(C)COC[C@H](CC(C)C)C(=O)C(C)C.CC(C)COc1ccc(C[C@H](CC(C)C)C(=O)C(C)C)cc1.S.S.S.S.S. The van der Waals surface area contributed by atoms with Crippen LogP contribution in [0.3, 0.4) is 0 Å². The molecule has 0 heterocycles. The fourth-order valence-electron chi connectivity index (χ4n) is 13.1. The number of carbonyl (C=O) groups is 8. The van der Waals surface area contributed by atoms with Gasteiger partial charge in [-0.05, 0) is 174 Å². The molecule has 0 fully saturated rings. The highest BCUT2D eigenvalue weighted by Gasteiger charge is 2.28. The molecule has 0 unspecified atom stereocenters. The third kappa shape index (κ3) is 81.3. The van der Waals surface area contributed by atoms with Crippen LogP contribution in [0.5, 0.6) is 5.75 Å². The van der Waals surface area contributed by atoms with E-state index in [1.54, 1.807) is 0 Å². The monoisotopic (exact) mass is 1720 g/mol. The molecule has 688 valence electrons. The van der Waals surface area contributed by atoms with E-state index >= 15 is 0 Å². The average Bonchev–Trinajstić information content (AvgIpc) is 0.953. The first-order valence-corrected chi connectivity index (χ1v) is 44.7. The molecular formula is C98H195NO11S5. The molecule has 4 atom stereocenters. The van der Waals surface area contributed by atoms with Gasteiger partial charge >= 0.3 is 5.97 Å². The molecule has 0 aliphatic carbocycles. The van der Waals surface area contributed by atoms with E-state index in [1.807, 2.05) is 109 Å². The zero-order chi connectivity index (χ0) is 86.3. The second kappa shape index (κ2) is 79.1. The van der Waals surface area contributed by atoms with Gasteiger partial charge in [-0.25, -0.2) is 0 Å². The Balaban J connectivity index is -0.000000144. The lowest BCUT2D eigenvalue weighted by atomic mass is 9.83. The number of benzene rings is 1. The van der Waals surface area contributed by atoms with Crippen LogP contribution in [0.25, 0.3) is 0 Å². The van der Waals surface area contributed by atoms with Crippen molar-refractivity contribution in [3.8, 4) is 5.75 Å². The number of nitrogens with zero attached hydrogens (tertiary/aromatic N) is 1. The van der Waals surface area contributed by atoms with Gasteiger partial charge in [0.25, 0.3) is 0 Å². The summed E-state index contributed by atoms with van der Waals surface area (Å²) in [5.41, 5.74) is 1.22. The summed E-state index contributed by atoms with van der Waals surface area (Å²) in [6.07, 6.45) is 17.8. The third-order valence-corrected chi connectivity index (χ3v) is 19.0. The summed E-state index contributed by atoms with van der Waals surface area (Å²) in [6.45, 7) is 79.9. The van der Waals surface area contributed by atoms with Crippen molar-refractivity contribution in [3.63, 3.8) is 0 Å². The van der Waals surface area contributed by atoms with Crippen LogP contribution in [0.15, 0.2) is 24.3 Å². The number of ether oxygens (including phenoxy) is 3. The zero-order valence-corrected chi connectivity index (χ0v) is 86.7. The molecule has 1 aromatic carbocycles. The zero-order valence-electron chi connectivity index (χ0n) is 81.7. The van der Waals surface area contributed by atoms with Gasteiger partial charge in [-0.3, -0.25) is 43.3 Å². The van der Waals surface area contributed by atoms with E-state index in [0.717, 1.165) is 141 Å². The number of hydrogen-bond acceptors (Lipinski definition) is 12. The molecule has 0 aliphatic heterocycles. The molecule has 0 spiro atoms. The summed E-state index contributed by atoms with van der Waals surface area (Å²) in [6, 6.07) is 8.68. The summed E-state index contributed by atoms with van der Waals surface area (Å²) >= 11 is 0. The first kappa shape index (κ1) is 133. The molecule has 0 aromatic heterocycles. The van der Waals surface area contributed by atoms with E-state index in [1.165, 1.54) is 5.56 Å². The lowest BCUT2D eigenvalue weighted by Gasteiger charge is -2.28. The van der Waals surface area contributed by atoms with E-state index in [9.17, 15) is 38.4 Å². The standard InChI is InChI=1S/C20H32O2.C20H38O2.C19H36O3.C14H28O2.C13H26O.C12H25NO.5H2S/c1-14(2)11-18(20(21)16(5)6)12-17-7-9-19(10-8-17)22-13-15(3)4;1-15(2)12-13-19(21)11-9-7-8-10-18(14-16(3)4)20(22)17(5)6;1-14(2)12-17(19(21)16(5)6)10-8-7-9-11-18(20)22-13-15(3)4;1-10(2)7-13(14(15)12(5)6)9-16-8-11(3)4;1-9(2)7-12(8-10(3)4)13(14)11(5)6;1-9(2)7-13(11(5)6)8-12(14)10(3)4;;;;;/h7-10,14-16,18H,11-13H2,1-6H3;15-18H,7-14H2,1-6H3;14-17H,7-13H2,1-6H3;10-13H,7-9H2,1-6H3;9-12H,7-8H2,1-6H3;9-11H,7-8H2,1-6H3;5*1H2/t2*18-;17-;13-;;;;;;;/m0110......./s1. The Labute approximate surface area is 748 Å². The van der Waals surface area contributed by atoms with Crippen molar-refractivity contribution in [1.82, 2.24) is 4.90 Å². The predicted molar refractivity (Wildman–Crippen MR) is 524 cm³/mol. The van der Waals surface area contributed by atoms with Gasteiger partial charge in [0.05, 0.1) is 26.4 Å². The quantitative estimate of drug-likeness (QED) is 0.0448. The number of esters is 1. The maximum atomic E-state index is 12.4. The molecule has 1 aromatic rings. The summed E-state index contributed by atoms with van der Waals surface area (Å²) in [5.74, 6) is 11.5. The van der Waals surface area contributed by atoms with E-state index < -0.39 is 0 Å². The van der Waals surface area contributed by atoms with Gasteiger partial charge in [-0.1, -0.05) is 273 Å². The highest BCUT2D eigenvalue weighted by atomic mass is 32.1. The number of ketones is 7. The Morgan fingerprint density at radius 3 is 0.983 bits per heavy atom. The van der Waals surface area contributed by atoms with Crippen LogP contribution in [0.1, 0.15) is 370 Å². The molecule has 0 bridgehead atoms. The smallest absolute Gasteiger partial charge is 0.305 e. The maximum absolute atomic E-state index is 12.4. The lowest BCUT2D eigenvalue weighted by molar-refractivity contribution is -0.145. The van der Waals surface area contributed by atoms with E-state index in [0.29, 0.717) is 138 Å². The van der Waals surface area contributed by atoms with Crippen molar-refractivity contribution in [2.24, 2.45) is 130 Å². The molecule has 0 N–H and O–H groups in total. The second-order valence-electron chi connectivity index (χ2n) is 39.3. The van der Waals surface area contributed by atoms with Crippen LogP contribution in [0.2, 0.25) is 0 Å². The highest BCUT2D eigenvalue weighted by Crippen LogP contribution is 2.28. The summed E-state index contributed by atoms with van der Waals surface area (Å²) < 4.78 is 16.5. The largest absolute Gasteiger partial charge is 0.493 e. The molecule has 0 aliphatic rings. The minimum Gasteiger partial charge on any atom is -0.493 e. The molecular weight excluding hydrogens is 1530 g/mol. The molecule has 12 nitrogen and oxygen atoms in total. The van der Waals surface area contributed by atoms with Gasteiger partial charge in [-0.15, -0.1) is 0 Å². The van der Waals surface area contributed by atoms with Gasteiger partial charge in [-0.2, -0.15) is 67.5 Å². The maximum Gasteiger partial charge on any atom is 0.305 e.